The summed E-state index contributed by atoms with van der Waals surface area (Å²) < 4.78 is 7.08. The molecule has 7 nitrogen and oxygen atoms in total. The zero-order chi connectivity index (χ0) is 30.0. The van der Waals surface area contributed by atoms with Gasteiger partial charge in [-0.1, -0.05) is 33.8 Å². The maximum absolute atomic E-state index is 12.8. The number of carbonyl (C=O) groups excluding carboxylic acids is 2. The van der Waals surface area contributed by atoms with E-state index >= 15 is 0 Å². The monoisotopic (exact) mass is 590 g/mol. The number of hydrogen-bond donors (Lipinski definition) is 3. The Hall–Kier alpha value is -1.99. The summed E-state index contributed by atoms with van der Waals surface area (Å²) in [4.78, 5) is 29.4. The van der Waals surface area contributed by atoms with E-state index in [-0.39, 0.29) is 30.0 Å². The van der Waals surface area contributed by atoms with Crippen molar-refractivity contribution in [3.8, 4) is 0 Å². The van der Waals surface area contributed by atoms with Gasteiger partial charge in [-0.25, -0.2) is 0 Å². The second-order valence-electron chi connectivity index (χ2n) is 16.1. The highest BCUT2D eigenvalue weighted by Gasteiger charge is 2.68. The summed E-state index contributed by atoms with van der Waals surface area (Å²) in [6, 6.07) is 5.80. The van der Waals surface area contributed by atoms with Crippen LogP contribution in [0.4, 0.5) is 0 Å². The molecule has 43 heavy (non-hydrogen) atoms. The number of piperidine rings is 1. The Kier molecular flexibility index (Phi) is 7.68. The van der Waals surface area contributed by atoms with E-state index in [0.717, 1.165) is 48.8 Å². The van der Waals surface area contributed by atoms with Crippen molar-refractivity contribution in [2.24, 2.45) is 52.3 Å². The first-order valence-corrected chi connectivity index (χ1v) is 17.5. The molecule has 2 saturated heterocycles. The third kappa shape index (κ3) is 5.05. The van der Waals surface area contributed by atoms with Crippen LogP contribution in [0.25, 0.3) is 0 Å². The minimum absolute atomic E-state index is 0.0844. The summed E-state index contributed by atoms with van der Waals surface area (Å²) in [7, 11) is 0. The molecular weight excluding hydrogens is 536 g/mol. The number of pyridine rings is 1. The lowest BCUT2D eigenvalue weighted by atomic mass is 9.44. The molecule has 2 aliphatic heterocycles. The molecule has 0 radical (unpaired) electrons. The molecular formula is C36H54N4O3. The fourth-order valence-electron chi connectivity index (χ4n) is 11.8. The van der Waals surface area contributed by atoms with Crippen LogP contribution in [0.5, 0.6) is 0 Å². The van der Waals surface area contributed by atoms with E-state index in [1.807, 2.05) is 18.2 Å². The van der Waals surface area contributed by atoms with Crippen molar-refractivity contribution >= 4 is 11.8 Å². The molecule has 2 amide bonds. The summed E-state index contributed by atoms with van der Waals surface area (Å²) in [5, 5.41) is 9.97. The fourth-order valence-corrected chi connectivity index (χ4v) is 11.8. The predicted molar refractivity (Wildman–Crippen MR) is 166 cm³/mol. The Morgan fingerprint density at radius 2 is 1.81 bits per heavy atom. The van der Waals surface area contributed by atoms with E-state index in [4.69, 9.17) is 4.74 Å². The fraction of sp³-hybridized carbons (Fsp3) is 0.806. The Labute approximate surface area is 258 Å². The number of fused-ring (bicyclic) bond motifs is 7. The molecule has 0 unspecified atom stereocenters. The second-order valence-corrected chi connectivity index (χ2v) is 16.1. The molecule has 12 atom stereocenters. The number of nitrogens with zero attached hydrogens (tertiary/aromatic N) is 1. The van der Waals surface area contributed by atoms with E-state index in [0.29, 0.717) is 41.2 Å². The maximum atomic E-state index is 12.8. The first kappa shape index (κ1) is 29.7. The molecule has 1 aromatic rings. The first-order valence-electron chi connectivity index (χ1n) is 17.5. The van der Waals surface area contributed by atoms with Crippen LogP contribution >= 0.6 is 0 Å². The van der Waals surface area contributed by atoms with Crippen LogP contribution in [0.3, 0.4) is 0 Å². The minimum atomic E-state index is -0.242. The van der Waals surface area contributed by atoms with Crippen molar-refractivity contribution in [3.05, 3.63) is 30.1 Å². The van der Waals surface area contributed by atoms with Crippen LogP contribution in [-0.4, -0.2) is 41.2 Å². The van der Waals surface area contributed by atoms with E-state index in [1.54, 1.807) is 6.20 Å². The van der Waals surface area contributed by atoms with Gasteiger partial charge >= 0.3 is 0 Å². The van der Waals surface area contributed by atoms with Gasteiger partial charge in [0.05, 0.1) is 18.3 Å². The second kappa shape index (κ2) is 11.1. The molecule has 6 fully saturated rings. The molecule has 0 aromatic carbocycles. The van der Waals surface area contributed by atoms with Gasteiger partial charge in [-0.15, -0.1) is 0 Å². The molecule has 4 aliphatic carbocycles. The number of ether oxygens (including phenoxy) is 1. The van der Waals surface area contributed by atoms with Crippen molar-refractivity contribution in [1.29, 1.82) is 0 Å². The lowest BCUT2D eigenvalue weighted by molar-refractivity contribution is -0.137. The smallest absolute Gasteiger partial charge is 0.229 e. The van der Waals surface area contributed by atoms with Crippen LogP contribution in [-0.2, 0) is 20.9 Å². The van der Waals surface area contributed by atoms with Gasteiger partial charge in [0.1, 0.15) is 12.1 Å². The molecule has 6 aliphatic rings. The van der Waals surface area contributed by atoms with Crippen LogP contribution in [0, 0.1) is 52.3 Å². The molecule has 1 spiro atoms. The van der Waals surface area contributed by atoms with E-state index in [9.17, 15) is 9.59 Å². The lowest BCUT2D eigenvalue weighted by Gasteiger charge is -2.61. The highest BCUT2D eigenvalue weighted by molar-refractivity contribution is 5.96. The molecule has 236 valence electrons. The number of hydrogen-bond acceptors (Lipinski definition) is 5. The van der Waals surface area contributed by atoms with Crippen molar-refractivity contribution in [2.75, 3.05) is 6.54 Å². The van der Waals surface area contributed by atoms with E-state index in [2.05, 4.69) is 48.6 Å². The number of aromatic nitrogens is 1. The largest absolute Gasteiger partial charge is 0.357 e. The van der Waals surface area contributed by atoms with Gasteiger partial charge in [-0.2, -0.15) is 0 Å². The van der Waals surface area contributed by atoms with Crippen LogP contribution in [0.2, 0.25) is 0 Å². The number of rotatable bonds is 5. The third-order valence-corrected chi connectivity index (χ3v) is 14.0. The van der Waals surface area contributed by atoms with Gasteiger partial charge in [-0.3, -0.25) is 19.9 Å². The molecule has 7 rings (SSSR count). The van der Waals surface area contributed by atoms with Crippen LogP contribution in [0.1, 0.15) is 104 Å². The minimum Gasteiger partial charge on any atom is -0.357 e. The summed E-state index contributed by atoms with van der Waals surface area (Å²) in [5.41, 5.74) is 1.46. The van der Waals surface area contributed by atoms with E-state index in [1.165, 1.54) is 51.4 Å². The van der Waals surface area contributed by atoms with Crippen molar-refractivity contribution in [1.82, 2.24) is 20.9 Å². The van der Waals surface area contributed by atoms with Gasteiger partial charge in [0.25, 0.3) is 0 Å². The third-order valence-electron chi connectivity index (χ3n) is 14.0. The van der Waals surface area contributed by atoms with Crippen LogP contribution < -0.4 is 16.0 Å². The van der Waals surface area contributed by atoms with Crippen LogP contribution in [0.15, 0.2) is 24.4 Å². The molecule has 7 heteroatoms. The Morgan fingerprint density at radius 3 is 2.58 bits per heavy atom. The Bertz CT molecular complexity index is 1200. The Morgan fingerprint density at radius 1 is 0.977 bits per heavy atom. The zero-order valence-electron chi connectivity index (χ0n) is 26.9. The highest BCUT2D eigenvalue weighted by atomic mass is 16.5. The first-order chi connectivity index (χ1) is 20.6. The molecule has 1 aromatic heterocycles. The lowest BCUT2D eigenvalue weighted by Crippen LogP contribution is -2.58. The SMILES string of the molecule is C[C@@H]1CC[C@@]2(NC1)O[C@H]1C[C@H]3[C@@H]4CC[C@@H]5C[C@@H](NC(=O)CC(=O)NCc6ccccn6)CC[C@]5(C)[C@H]4CC[C@]3(C)[C@H]1[C@@H]2C. The molecule has 3 heterocycles. The Balaban J connectivity index is 0.952. The molecule has 4 saturated carbocycles. The van der Waals surface area contributed by atoms with Gasteiger partial charge in [0, 0.05) is 24.7 Å². The molecule has 0 bridgehead atoms. The zero-order valence-corrected chi connectivity index (χ0v) is 26.9. The number of nitrogens with one attached hydrogen (secondary N) is 3. The van der Waals surface area contributed by atoms with Gasteiger partial charge in [-0.05, 0) is 123 Å². The maximum Gasteiger partial charge on any atom is 0.229 e. The van der Waals surface area contributed by atoms with Gasteiger partial charge in [0.2, 0.25) is 11.8 Å². The van der Waals surface area contributed by atoms with Gasteiger partial charge in [0.15, 0.2) is 0 Å². The number of carbonyl (C=O) groups is 2. The van der Waals surface area contributed by atoms with Gasteiger partial charge < -0.3 is 15.4 Å². The van der Waals surface area contributed by atoms with Crippen molar-refractivity contribution < 1.29 is 14.3 Å². The van der Waals surface area contributed by atoms with Crippen molar-refractivity contribution in [2.45, 2.75) is 123 Å². The van der Waals surface area contributed by atoms with E-state index < -0.39 is 0 Å². The average Bonchev–Trinajstić information content (AvgIpc) is 3.44. The quantitative estimate of drug-likeness (QED) is 0.389. The average molecular weight is 591 g/mol. The number of amides is 2. The summed E-state index contributed by atoms with van der Waals surface area (Å²) in [5.74, 6) is 4.65. The summed E-state index contributed by atoms with van der Waals surface area (Å²) in [6.07, 6.45) is 14.3. The highest BCUT2D eigenvalue weighted by Crippen LogP contribution is 2.71. The van der Waals surface area contributed by atoms with Crippen molar-refractivity contribution in [3.63, 3.8) is 0 Å². The summed E-state index contributed by atoms with van der Waals surface area (Å²) >= 11 is 0. The standard InChI is InChI=1S/C36H54N4O3/c1-22-10-15-36(39-20-22)23(2)33-30(43-36)18-29-27-9-8-24-17-25(11-13-34(24,3)28(27)12-14-35(29,33)4)40-32(42)19-31(41)38-21-26-7-5-6-16-37-26/h5-7,16,22-25,27-30,33,39H,8-15,17-21H2,1-4H3,(H,38,41)(H,40,42)/t22-,23+,24-,25+,27-,28+,29+,30+,33+,34+,35+,36-/m1/s1. The summed E-state index contributed by atoms with van der Waals surface area (Å²) in [6.45, 7) is 11.6. The molecule has 3 N–H and O–H groups in total. The topological polar surface area (TPSA) is 92.4 Å². The normalized spacial score (nSPS) is 46.7. The predicted octanol–water partition coefficient (Wildman–Crippen LogP) is 5.59.